The van der Waals surface area contributed by atoms with E-state index in [2.05, 4.69) is 344 Å². The zero-order valence-corrected chi connectivity index (χ0v) is 61.9. The summed E-state index contributed by atoms with van der Waals surface area (Å²) in [5.74, 6) is 0. The molecular formula is C102H66B3N9. The second-order valence-corrected chi connectivity index (χ2v) is 29.6. The van der Waals surface area contributed by atoms with Crippen LogP contribution in [0.4, 0.5) is 34.1 Å². The number of anilines is 6. The van der Waals surface area contributed by atoms with E-state index in [1.165, 1.54) is 134 Å². The largest absolute Gasteiger partial charge is 0.376 e. The molecule has 6 aliphatic heterocycles. The number of hydrogen-bond donors (Lipinski definition) is 0. The molecule has 0 saturated heterocycles. The second-order valence-electron chi connectivity index (χ2n) is 29.6. The number of pyridine rings is 6. The average molecular weight is 1450 g/mol. The number of nitrogens with zero attached hydrogens (tertiary/aromatic N) is 9. The molecule has 0 atom stereocenters. The third kappa shape index (κ3) is 11.0. The molecule has 528 valence electrons. The maximum absolute atomic E-state index is 5.02. The van der Waals surface area contributed by atoms with Gasteiger partial charge < -0.3 is 14.4 Å². The number of hydrogen-bond acceptors (Lipinski definition) is 9. The van der Waals surface area contributed by atoms with Gasteiger partial charge in [0, 0.05) is 144 Å². The van der Waals surface area contributed by atoms with Crippen LogP contribution >= 0.6 is 0 Å². The van der Waals surface area contributed by atoms with Crippen LogP contribution in [0.25, 0.3) is 134 Å². The zero-order valence-electron chi connectivity index (χ0n) is 61.9. The lowest BCUT2D eigenvalue weighted by molar-refractivity contribution is 1.28. The second kappa shape index (κ2) is 27.6. The Morgan fingerprint density at radius 1 is 0.175 bits per heavy atom. The van der Waals surface area contributed by atoms with Gasteiger partial charge in [-0.25, -0.2) is 9.97 Å². The van der Waals surface area contributed by atoms with E-state index in [-0.39, 0.29) is 20.5 Å². The highest BCUT2D eigenvalue weighted by Gasteiger charge is 2.45. The molecule has 0 aliphatic carbocycles. The predicted octanol–water partition coefficient (Wildman–Crippen LogP) is 20.1. The Morgan fingerprint density at radius 2 is 0.509 bits per heavy atom. The van der Waals surface area contributed by atoms with Gasteiger partial charge in [0.05, 0.1) is 28.5 Å². The van der Waals surface area contributed by atoms with Gasteiger partial charge in [-0.2, -0.15) is 0 Å². The van der Waals surface area contributed by atoms with Gasteiger partial charge in [-0.15, -0.1) is 0 Å². The van der Waals surface area contributed by atoms with Crippen molar-refractivity contribution in [2.45, 2.75) is 0 Å². The predicted molar refractivity (Wildman–Crippen MR) is 472 cm³/mol. The van der Waals surface area contributed by atoms with E-state index in [4.69, 9.17) is 9.97 Å². The van der Waals surface area contributed by atoms with E-state index in [0.717, 1.165) is 67.4 Å². The van der Waals surface area contributed by atoms with E-state index in [9.17, 15) is 0 Å². The van der Waals surface area contributed by atoms with Crippen LogP contribution in [0.15, 0.2) is 401 Å². The fraction of sp³-hybridized carbons (Fsp3) is 0. The first-order valence-electron chi connectivity index (χ1n) is 38.9. The Balaban J connectivity index is 0.000000104. The van der Waals surface area contributed by atoms with Crippen molar-refractivity contribution in [3.8, 4) is 134 Å². The third-order valence-electron chi connectivity index (χ3n) is 23.4. The molecule has 12 heteroatoms. The van der Waals surface area contributed by atoms with Crippen molar-refractivity contribution < 1.29 is 0 Å². The van der Waals surface area contributed by atoms with Crippen molar-refractivity contribution in [2.75, 3.05) is 14.4 Å². The van der Waals surface area contributed by atoms with Crippen LogP contribution in [0.3, 0.4) is 0 Å². The van der Waals surface area contributed by atoms with Crippen LogP contribution in [0.5, 0.6) is 0 Å². The minimum Gasteiger partial charge on any atom is -0.376 e. The molecule has 12 aromatic carbocycles. The number of aromatic nitrogens is 6. The van der Waals surface area contributed by atoms with Crippen molar-refractivity contribution >= 4 is 87.4 Å². The molecule has 24 rings (SSSR count). The lowest BCUT2D eigenvalue weighted by atomic mass is 9.43. The summed E-state index contributed by atoms with van der Waals surface area (Å²) in [6, 6.07) is 128. The number of benzene rings is 12. The molecule has 9 nitrogen and oxygen atoms in total. The minimum absolute atomic E-state index is 0.127. The van der Waals surface area contributed by atoms with Crippen molar-refractivity contribution in [2.24, 2.45) is 0 Å². The Labute approximate surface area is 663 Å². The normalized spacial score (nSPS) is 12.6. The summed E-state index contributed by atoms with van der Waals surface area (Å²) in [6.45, 7) is 0.385. The molecule has 0 radical (unpaired) electrons. The Hall–Kier alpha value is -14.9. The summed E-state index contributed by atoms with van der Waals surface area (Å²) in [4.78, 5) is 35.1. The maximum Gasteiger partial charge on any atom is 0.329 e. The van der Waals surface area contributed by atoms with E-state index in [1.807, 2.05) is 85.7 Å². The monoisotopic (exact) mass is 1450 g/mol. The van der Waals surface area contributed by atoms with Crippen molar-refractivity contribution in [1.82, 2.24) is 29.9 Å². The fourth-order valence-corrected chi connectivity index (χ4v) is 18.4. The van der Waals surface area contributed by atoms with Crippen LogP contribution in [0, 0.1) is 0 Å². The molecule has 0 unspecified atom stereocenters. The summed E-state index contributed by atoms with van der Waals surface area (Å²) in [5, 5.41) is 0. The quantitative estimate of drug-likeness (QED) is 0.151. The molecule has 18 aromatic rings. The van der Waals surface area contributed by atoms with Crippen LogP contribution in [0.1, 0.15) is 0 Å². The molecule has 0 amide bonds. The molecule has 0 fully saturated rings. The zero-order chi connectivity index (χ0) is 75.2. The molecule has 6 aliphatic rings. The number of para-hydroxylation sites is 3. The molecular weight excluding hydrogens is 1380 g/mol. The van der Waals surface area contributed by atoms with Crippen molar-refractivity contribution in [3.63, 3.8) is 0 Å². The van der Waals surface area contributed by atoms with E-state index < -0.39 is 0 Å². The SMILES string of the molecule is c1cc(-c2ccncc2)nc(-c2ccc3c(c2)-c2ccccc2B2c4ccccc4-c4ccccc4N23)c1.c1ccc(-c2cncc(-c3ccc4c(c3)-c3ccccc3B3c5ccccc5-c5ccccc5N34)c2)nc1.c1cncc(-c2cccc(-c3ccc4c(c3)-c3ccccc3B3c5ccccc5-c5ccccc5N34)n2)c1. The highest BCUT2D eigenvalue weighted by molar-refractivity contribution is 6.94. The topological polar surface area (TPSA) is 87.1 Å². The standard InChI is InChI=1S/3C34H22BN3/c1-4-13-29-25(10-1)27-12-3-6-17-33(27)38-34-19-18-23(21-28(34)26-11-2-5-14-30(26)35(29)38)31-15-7-16-32(37-31)24-9-8-20-36-22-24;1-4-12-30-26(9-1)28-11-3-6-15-33(28)38-34-17-16-23(20-29(34)27-10-2-5-13-31(27)35(30)38)24-19-25(22-36-21-24)32-14-7-8-18-37-32;1-4-11-29-25(8-1)27-10-3-6-15-33(27)38-34-17-16-24(22-28(34)26-9-2-5-12-30(26)35(29)38)32-14-7-13-31(37-32)23-18-20-36-21-19-23/h3*1-22H. The summed E-state index contributed by atoms with van der Waals surface area (Å²) < 4.78 is 0. The first kappa shape index (κ1) is 66.2. The summed E-state index contributed by atoms with van der Waals surface area (Å²) in [5.41, 5.74) is 43.1. The first-order valence-corrected chi connectivity index (χ1v) is 38.9. The third-order valence-corrected chi connectivity index (χ3v) is 23.4. The van der Waals surface area contributed by atoms with Crippen molar-refractivity contribution in [1.29, 1.82) is 0 Å². The molecule has 12 heterocycles. The Bertz CT molecular complexity index is 6190. The molecule has 0 saturated carbocycles. The smallest absolute Gasteiger partial charge is 0.329 e. The molecule has 0 bridgehead atoms. The highest BCUT2D eigenvalue weighted by atomic mass is 15.1. The minimum atomic E-state index is 0.127. The van der Waals surface area contributed by atoms with Gasteiger partial charge in [0.25, 0.3) is 0 Å². The Kier molecular flexibility index (Phi) is 16.0. The lowest BCUT2D eigenvalue weighted by Crippen LogP contribution is -2.59. The van der Waals surface area contributed by atoms with E-state index in [0.29, 0.717) is 0 Å². The summed E-state index contributed by atoms with van der Waals surface area (Å²) in [7, 11) is 0. The summed E-state index contributed by atoms with van der Waals surface area (Å²) >= 11 is 0. The van der Waals surface area contributed by atoms with Gasteiger partial charge >= 0.3 is 20.5 Å². The van der Waals surface area contributed by atoms with Crippen LogP contribution in [-0.4, -0.2) is 50.4 Å². The summed E-state index contributed by atoms with van der Waals surface area (Å²) in [6.07, 6.45) is 12.9. The number of fused-ring (bicyclic) bond motifs is 33. The molecule has 114 heavy (non-hydrogen) atoms. The van der Waals surface area contributed by atoms with E-state index >= 15 is 0 Å². The Morgan fingerprint density at radius 3 is 0.921 bits per heavy atom. The highest BCUT2D eigenvalue weighted by Crippen LogP contribution is 2.51. The molecule has 6 aromatic heterocycles. The van der Waals surface area contributed by atoms with Crippen molar-refractivity contribution in [3.05, 3.63) is 401 Å². The fourth-order valence-electron chi connectivity index (χ4n) is 18.4. The molecule has 0 spiro atoms. The molecule has 0 N–H and O–H groups in total. The van der Waals surface area contributed by atoms with Crippen LogP contribution in [0.2, 0.25) is 0 Å². The van der Waals surface area contributed by atoms with Gasteiger partial charge in [0.15, 0.2) is 0 Å². The number of rotatable bonds is 6. The van der Waals surface area contributed by atoms with Gasteiger partial charge in [-0.1, -0.05) is 237 Å². The van der Waals surface area contributed by atoms with Gasteiger partial charge in [0.2, 0.25) is 0 Å². The van der Waals surface area contributed by atoms with Gasteiger partial charge in [-0.05, 0) is 193 Å². The van der Waals surface area contributed by atoms with Crippen LogP contribution in [-0.2, 0) is 0 Å². The van der Waals surface area contributed by atoms with Gasteiger partial charge in [0.1, 0.15) is 0 Å². The van der Waals surface area contributed by atoms with Gasteiger partial charge in [-0.3, -0.25) is 19.9 Å². The van der Waals surface area contributed by atoms with E-state index in [1.54, 1.807) is 6.20 Å². The first-order chi connectivity index (χ1) is 56.6. The average Bonchev–Trinajstić information content (AvgIpc) is 0.719. The maximum atomic E-state index is 5.02. The van der Waals surface area contributed by atoms with Crippen LogP contribution < -0.4 is 47.2 Å². The lowest BCUT2D eigenvalue weighted by Gasteiger charge is -2.43.